The highest BCUT2D eigenvalue weighted by Crippen LogP contribution is 2.18. The predicted molar refractivity (Wildman–Crippen MR) is 96.8 cm³/mol. The van der Waals surface area contributed by atoms with Crippen LogP contribution in [0.2, 0.25) is 0 Å². The summed E-state index contributed by atoms with van der Waals surface area (Å²) in [4.78, 5) is 23.5. The van der Waals surface area contributed by atoms with Gasteiger partial charge in [0.05, 0.1) is 0 Å². The van der Waals surface area contributed by atoms with Gasteiger partial charge < -0.3 is 14.8 Å². The molecular formula is C20H23NO4. The van der Waals surface area contributed by atoms with Crippen molar-refractivity contribution in [3.63, 3.8) is 0 Å². The van der Waals surface area contributed by atoms with Crippen LogP contribution in [0.15, 0.2) is 42.5 Å². The minimum atomic E-state index is -0.587. The normalized spacial score (nSPS) is 10.2. The molecule has 0 radical (unpaired) electrons. The molecule has 25 heavy (non-hydrogen) atoms. The molecule has 1 amide bonds. The molecule has 0 fully saturated rings. The van der Waals surface area contributed by atoms with E-state index in [2.05, 4.69) is 12.2 Å². The van der Waals surface area contributed by atoms with Crippen LogP contribution in [0.1, 0.15) is 23.6 Å². The Hall–Kier alpha value is -2.82. The number of rotatable bonds is 7. The molecule has 5 nitrogen and oxygen atoms in total. The fraction of sp³-hybridized carbons (Fsp3) is 0.300. The second-order valence-electron chi connectivity index (χ2n) is 5.82. The molecule has 2 aromatic carbocycles. The van der Waals surface area contributed by atoms with Crippen LogP contribution in [-0.4, -0.2) is 25.1 Å². The molecule has 1 N–H and O–H groups in total. The maximum atomic E-state index is 11.8. The van der Waals surface area contributed by atoms with Crippen molar-refractivity contribution >= 4 is 17.6 Å². The number of aryl methyl sites for hydroxylation is 3. The van der Waals surface area contributed by atoms with E-state index in [0.717, 1.165) is 17.5 Å². The maximum Gasteiger partial charge on any atom is 0.344 e. The first-order chi connectivity index (χ1) is 12.0. The van der Waals surface area contributed by atoms with Gasteiger partial charge in [0, 0.05) is 5.69 Å². The van der Waals surface area contributed by atoms with E-state index in [1.165, 1.54) is 5.56 Å². The predicted octanol–water partition coefficient (Wildman–Crippen LogP) is 3.43. The Kier molecular flexibility index (Phi) is 6.57. The van der Waals surface area contributed by atoms with E-state index in [1.807, 2.05) is 56.3 Å². The summed E-state index contributed by atoms with van der Waals surface area (Å²) in [7, 11) is 0. The molecule has 0 spiro atoms. The molecule has 0 aliphatic heterocycles. The summed E-state index contributed by atoms with van der Waals surface area (Å²) < 4.78 is 10.4. The topological polar surface area (TPSA) is 64.6 Å². The molecular weight excluding hydrogens is 318 g/mol. The Labute approximate surface area is 148 Å². The van der Waals surface area contributed by atoms with Crippen molar-refractivity contribution < 1.29 is 19.1 Å². The van der Waals surface area contributed by atoms with Gasteiger partial charge in [-0.2, -0.15) is 0 Å². The summed E-state index contributed by atoms with van der Waals surface area (Å²) in [6.45, 7) is 5.38. The highest BCUT2D eigenvalue weighted by Gasteiger charge is 2.10. The molecule has 2 aromatic rings. The number of benzene rings is 2. The Bertz CT molecular complexity index is 738. The number of anilines is 1. The lowest BCUT2D eigenvalue weighted by Gasteiger charge is -2.10. The lowest BCUT2D eigenvalue weighted by molar-refractivity contribution is -0.149. The van der Waals surface area contributed by atoms with E-state index in [9.17, 15) is 9.59 Å². The van der Waals surface area contributed by atoms with Crippen LogP contribution in [0.5, 0.6) is 5.75 Å². The SMILES string of the molecule is CCc1ccc(NC(=O)COC(=O)COc2ccc(C)cc2C)cc1. The fourth-order valence-corrected chi connectivity index (χ4v) is 2.31. The molecule has 2 rings (SSSR count). The van der Waals surface area contributed by atoms with Crippen LogP contribution in [0, 0.1) is 13.8 Å². The zero-order valence-electron chi connectivity index (χ0n) is 14.8. The number of carbonyl (C=O) groups is 2. The van der Waals surface area contributed by atoms with Crippen LogP contribution in [0.3, 0.4) is 0 Å². The van der Waals surface area contributed by atoms with E-state index in [1.54, 1.807) is 0 Å². The van der Waals surface area contributed by atoms with Gasteiger partial charge in [-0.25, -0.2) is 4.79 Å². The van der Waals surface area contributed by atoms with Crippen LogP contribution in [0.25, 0.3) is 0 Å². The average molecular weight is 341 g/mol. The quantitative estimate of drug-likeness (QED) is 0.784. The summed E-state index contributed by atoms with van der Waals surface area (Å²) in [6.07, 6.45) is 0.937. The molecule has 0 aliphatic carbocycles. The van der Waals surface area contributed by atoms with Gasteiger partial charge in [0.2, 0.25) is 0 Å². The van der Waals surface area contributed by atoms with E-state index in [4.69, 9.17) is 9.47 Å². The second kappa shape index (κ2) is 8.87. The van der Waals surface area contributed by atoms with E-state index in [0.29, 0.717) is 11.4 Å². The number of nitrogens with one attached hydrogen (secondary N) is 1. The molecule has 0 aromatic heterocycles. The standard InChI is InChI=1S/C20H23NO4/c1-4-16-6-8-17(9-7-16)21-19(22)12-25-20(23)13-24-18-10-5-14(2)11-15(18)3/h5-11H,4,12-13H2,1-3H3,(H,21,22). The number of amides is 1. The first kappa shape index (κ1) is 18.5. The number of carbonyl (C=O) groups excluding carboxylic acids is 2. The van der Waals surface area contributed by atoms with Gasteiger partial charge in [-0.15, -0.1) is 0 Å². The zero-order chi connectivity index (χ0) is 18.2. The lowest BCUT2D eigenvalue weighted by atomic mass is 10.1. The summed E-state index contributed by atoms with van der Waals surface area (Å²) in [5, 5.41) is 2.68. The maximum absolute atomic E-state index is 11.8. The lowest BCUT2D eigenvalue weighted by Crippen LogP contribution is -2.23. The summed E-state index contributed by atoms with van der Waals surface area (Å²) in [6, 6.07) is 13.2. The smallest absolute Gasteiger partial charge is 0.344 e. The highest BCUT2D eigenvalue weighted by atomic mass is 16.6. The second-order valence-corrected chi connectivity index (χ2v) is 5.82. The number of ether oxygens (including phenoxy) is 2. The van der Waals surface area contributed by atoms with E-state index < -0.39 is 5.97 Å². The Balaban J connectivity index is 1.74. The molecule has 5 heteroatoms. The van der Waals surface area contributed by atoms with Crippen molar-refractivity contribution in [2.24, 2.45) is 0 Å². The molecule has 0 atom stereocenters. The third-order valence-corrected chi connectivity index (χ3v) is 3.69. The van der Waals surface area contributed by atoms with Gasteiger partial charge in [0.1, 0.15) is 5.75 Å². The Morgan fingerprint density at radius 3 is 2.36 bits per heavy atom. The zero-order valence-corrected chi connectivity index (χ0v) is 14.8. The number of hydrogen-bond acceptors (Lipinski definition) is 4. The summed E-state index contributed by atoms with van der Waals surface area (Å²) in [5.74, 6) is -0.344. The van der Waals surface area contributed by atoms with Gasteiger partial charge in [-0.3, -0.25) is 4.79 Å². The van der Waals surface area contributed by atoms with Gasteiger partial charge >= 0.3 is 5.97 Å². The molecule has 0 aliphatic rings. The fourth-order valence-electron chi connectivity index (χ4n) is 2.31. The molecule has 0 bridgehead atoms. The van der Waals surface area contributed by atoms with Crippen molar-refractivity contribution in [1.29, 1.82) is 0 Å². The monoisotopic (exact) mass is 341 g/mol. The van der Waals surface area contributed by atoms with Crippen LogP contribution in [0.4, 0.5) is 5.69 Å². The van der Waals surface area contributed by atoms with Crippen molar-refractivity contribution in [3.05, 3.63) is 59.2 Å². The van der Waals surface area contributed by atoms with Gasteiger partial charge in [-0.05, 0) is 49.6 Å². The van der Waals surface area contributed by atoms with Gasteiger partial charge in [-0.1, -0.05) is 36.8 Å². The Morgan fingerprint density at radius 1 is 1.00 bits per heavy atom. The van der Waals surface area contributed by atoms with Gasteiger partial charge in [0.25, 0.3) is 5.91 Å². The minimum absolute atomic E-state index is 0.234. The third-order valence-electron chi connectivity index (χ3n) is 3.69. The van der Waals surface area contributed by atoms with Crippen LogP contribution >= 0.6 is 0 Å². The first-order valence-electron chi connectivity index (χ1n) is 8.22. The molecule has 0 heterocycles. The van der Waals surface area contributed by atoms with Crippen LogP contribution < -0.4 is 10.1 Å². The summed E-state index contributed by atoms with van der Waals surface area (Å²) in [5.41, 5.74) is 3.93. The average Bonchev–Trinajstić information content (AvgIpc) is 2.60. The van der Waals surface area contributed by atoms with E-state index >= 15 is 0 Å². The highest BCUT2D eigenvalue weighted by molar-refractivity contribution is 5.92. The largest absolute Gasteiger partial charge is 0.482 e. The minimum Gasteiger partial charge on any atom is -0.482 e. The van der Waals surface area contributed by atoms with Crippen molar-refractivity contribution in [2.45, 2.75) is 27.2 Å². The summed E-state index contributed by atoms with van der Waals surface area (Å²) >= 11 is 0. The van der Waals surface area contributed by atoms with Gasteiger partial charge in [0.15, 0.2) is 13.2 Å². The number of hydrogen-bond donors (Lipinski definition) is 1. The molecule has 132 valence electrons. The molecule has 0 unspecified atom stereocenters. The van der Waals surface area contributed by atoms with Crippen molar-refractivity contribution in [1.82, 2.24) is 0 Å². The van der Waals surface area contributed by atoms with Crippen LogP contribution in [-0.2, 0) is 20.7 Å². The first-order valence-corrected chi connectivity index (χ1v) is 8.22. The van der Waals surface area contributed by atoms with E-state index in [-0.39, 0.29) is 19.1 Å². The van der Waals surface area contributed by atoms with Crippen molar-refractivity contribution in [3.8, 4) is 5.75 Å². The number of esters is 1. The Morgan fingerprint density at radius 2 is 1.72 bits per heavy atom. The molecule has 0 saturated carbocycles. The third kappa shape index (κ3) is 5.95. The molecule has 0 saturated heterocycles. The van der Waals surface area contributed by atoms with Crippen molar-refractivity contribution in [2.75, 3.05) is 18.5 Å².